The monoisotopic (exact) mass is 587 g/mol. The van der Waals surface area contributed by atoms with Gasteiger partial charge in [-0.2, -0.15) is 13.2 Å². The lowest BCUT2D eigenvalue weighted by atomic mass is 9.81. The average molecular weight is 588 g/mol. The molecule has 0 radical (unpaired) electrons. The molecule has 0 spiro atoms. The highest BCUT2D eigenvalue weighted by Crippen LogP contribution is 2.49. The highest BCUT2D eigenvalue weighted by atomic mass is 32.1. The SMILES string of the molecule is Cc1cnc(-c2cc(C(C)(C)C)c3ccccc3c2)c2sc(-c3ccc(CC(C)(C)C(F)(F)F)cc3)c(C(C)(C)C)c12. The maximum Gasteiger partial charge on any atom is 0.394 e. The Morgan fingerprint density at radius 1 is 0.762 bits per heavy atom. The zero-order valence-electron chi connectivity index (χ0n) is 26.0. The Bertz CT molecular complexity index is 1780. The number of nitrogens with zero attached hydrogens (tertiary/aromatic N) is 1. The summed E-state index contributed by atoms with van der Waals surface area (Å²) in [6, 6.07) is 20.7. The molecule has 5 aromatic rings. The Balaban J connectivity index is 1.72. The summed E-state index contributed by atoms with van der Waals surface area (Å²) in [5, 5.41) is 3.68. The van der Waals surface area contributed by atoms with Gasteiger partial charge in [0.2, 0.25) is 0 Å². The van der Waals surface area contributed by atoms with E-state index in [-0.39, 0.29) is 17.3 Å². The van der Waals surface area contributed by atoms with Crippen molar-refractivity contribution in [1.29, 1.82) is 0 Å². The van der Waals surface area contributed by atoms with Gasteiger partial charge in [0.25, 0.3) is 0 Å². The molecule has 0 fully saturated rings. The lowest BCUT2D eigenvalue weighted by Gasteiger charge is -2.27. The summed E-state index contributed by atoms with van der Waals surface area (Å²) in [6.45, 7) is 18.1. The highest BCUT2D eigenvalue weighted by molar-refractivity contribution is 7.23. The van der Waals surface area contributed by atoms with Crippen LogP contribution in [0.5, 0.6) is 0 Å². The molecule has 0 amide bonds. The van der Waals surface area contributed by atoms with Crippen molar-refractivity contribution >= 4 is 32.2 Å². The van der Waals surface area contributed by atoms with E-state index in [0.29, 0.717) is 5.56 Å². The smallest absolute Gasteiger partial charge is 0.254 e. The third-order valence-electron chi connectivity index (χ3n) is 8.23. The predicted octanol–water partition coefficient (Wildman–Crippen LogP) is 11.8. The molecule has 5 heteroatoms. The molecular weight excluding hydrogens is 547 g/mol. The van der Waals surface area contributed by atoms with Crippen LogP contribution in [0.3, 0.4) is 0 Å². The van der Waals surface area contributed by atoms with Crippen LogP contribution in [0, 0.1) is 12.3 Å². The van der Waals surface area contributed by atoms with Gasteiger partial charge in [-0.3, -0.25) is 4.98 Å². The average Bonchev–Trinajstić information content (AvgIpc) is 3.29. The fraction of sp³-hybridized carbons (Fsp3) is 0.378. The molecule has 0 saturated heterocycles. The van der Waals surface area contributed by atoms with Crippen molar-refractivity contribution in [2.24, 2.45) is 5.41 Å². The van der Waals surface area contributed by atoms with Crippen molar-refractivity contribution in [3.05, 3.63) is 89.1 Å². The number of hydrogen-bond acceptors (Lipinski definition) is 2. The molecule has 1 nitrogen and oxygen atoms in total. The summed E-state index contributed by atoms with van der Waals surface area (Å²) in [7, 11) is 0. The summed E-state index contributed by atoms with van der Waals surface area (Å²) in [4.78, 5) is 6.16. The number of aromatic nitrogens is 1. The first-order valence-corrected chi connectivity index (χ1v) is 15.3. The molecule has 0 N–H and O–H groups in total. The Hall–Kier alpha value is -3.18. The van der Waals surface area contributed by atoms with Crippen LogP contribution in [-0.4, -0.2) is 11.2 Å². The quantitative estimate of drug-likeness (QED) is 0.204. The van der Waals surface area contributed by atoms with Gasteiger partial charge < -0.3 is 0 Å². The summed E-state index contributed by atoms with van der Waals surface area (Å²) in [5.74, 6) is 0. The molecule has 0 bridgehead atoms. The van der Waals surface area contributed by atoms with E-state index in [2.05, 4.69) is 84.9 Å². The van der Waals surface area contributed by atoms with Crippen LogP contribution in [0.1, 0.15) is 77.6 Å². The first-order valence-electron chi connectivity index (χ1n) is 14.5. The van der Waals surface area contributed by atoms with Crippen LogP contribution in [0.15, 0.2) is 66.9 Å². The van der Waals surface area contributed by atoms with E-state index < -0.39 is 11.6 Å². The standard InChI is InChI=1S/C37H40F3NS/c1-22-21-41-31(26-18-25-12-10-11-13-27(25)28(19-26)34(2,3)4)33-29(22)30(35(5,6)7)32(42-33)24-16-14-23(15-17-24)20-36(8,9)37(38,39)40/h10-19,21H,20H2,1-9H3. The topological polar surface area (TPSA) is 12.9 Å². The lowest BCUT2D eigenvalue weighted by Crippen LogP contribution is -2.34. The number of benzene rings is 3. The first-order chi connectivity index (χ1) is 19.4. The van der Waals surface area contributed by atoms with Crippen molar-refractivity contribution < 1.29 is 13.2 Å². The van der Waals surface area contributed by atoms with Crippen molar-refractivity contribution in [3.63, 3.8) is 0 Å². The number of fused-ring (bicyclic) bond motifs is 2. The number of thiophene rings is 1. The molecule has 5 rings (SSSR count). The zero-order valence-corrected chi connectivity index (χ0v) is 26.9. The highest BCUT2D eigenvalue weighted by Gasteiger charge is 2.47. The molecule has 0 unspecified atom stereocenters. The van der Waals surface area contributed by atoms with E-state index in [1.54, 1.807) is 11.3 Å². The minimum Gasteiger partial charge on any atom is -0.254 e. The molecule has 0 saturated carbocycles. The Kier molecular flexibility index (Phi) is 7.37. The molecule has 0 aliphatic carbocycles. The fourth-order valence-corrected chi connectivity index (χ4v) is 7.44. The Labute approximate surface area is 251 Å². The number of rotatable bonds is 4. The summed E-state index contributed by atoms with van der Waals surface area (Å²) in [5.41, 5.74) is 5.46. The maximum atomic E-state index is 13.6. The normalized spacial score (nSPS) is 13.3. The second kappa shape index (κ2) is 10.2. The number of aryl methyl sites for hydroxylation is 1. The second-order valence-electron chi connectivity index (χ2n) is 14.3. The number of hydrogen-bond donors (Lipinski definition) is 0. The summed E-state index contributed by atoms with van der Waals surface area (Å²) < 4.78 is 41.8. The number of halogens is 3. The van der Waals surface area contributed by atoms with Crippen molar-refractivity contribution in [2.45, 2.75) is 85.7 Å². The molecule has 0 aliphatic rings. The van der Waals surface area contributed by atoms with Crippen LogP contribution in [-0.2, 0) is 17.3 Å². The minimum atomic E-state index is -4.26. The molecule has 3 aromatic carbocycles. The number of pyridine rings is 1. The van der Waals surface area contributed by atoms with Gasteiger partial charge in [0.05, 0.1) is 15.8 Å². The molecular formula is C37H40F3NS. The maximum absolute atomic E-state index is 13.6. The van der Waals surface area contributed by atoms with Gasteiger partial charge in [0.1, 0.15) is 0 Å². The van der Waals surface area contributed by atoms with E-state index in [1.807, 2.05) is 30.5 Å². The largest absolute Gasteiger partial charge is 0.394 e. The van der Waals surface area contributed by atoms with Crippen LogP contribution in [0.25, 0.3) is 42.6 Å². The third-order valence-corrected chi connectivity index (χ3v) is 9.47. The predicted molar refractivity (Wildman–Crippen MR) is 174 cm³/mol. The van der Waals surface area contributed by atoms with Gasteiger partial charge in [-0.25, -0.2) is 0 Å². The molecule has 220 valence electrons. The van der Waals surface area contributed by atoms with Crippen molar-refractivity contribution in [3.8, 4) is 21.7 Å². The van der Waals surface area contributed by atoms with Crippen molar-refractivity contribution in [1.82, 2.24) is 4.98 Å². The third kappa shape index (κ3) is 5.48. The molecule has 2 heterocycles. The second-order valence-corrected chi connectivity index (χ2v) is 15.3. The van der Waals surface area contributed by atoms with E-state index in [4.69, 9.17) is 4.98 Å². The van der Waals surface area contributed by atoms with Crippen LogP contribution < -0.4 is 0 Å². The van der Waals surface area contributed by atoms with Gasteiger partial charge in [0, 0.05) is 22.0 Å². The van der Waals surface area contributed by atoms with Gasteiger partial charge in [-0.05, 0) is 74.9 Å². The van der Waals surface area contributed by atoms with E-state index in [0.717, 1.165) is 32.0 Å². The van der Waals surface area contributed by atoms with Crippen LogP contribution in [0.4, 0.5) is 13.2 Å². The number of alkyl halides is 3. The fourth-order valence-electron chi connectivity index (χ4n) is 5.84. The van der Waals surface area contributed by atoms with Crippen LogP contribution >= 0.6 is 11.3 Å². The van der Waals surface area contributed by atoms with Gasteiger partial charge in [0.15, 0.2) is 0 Å². The summed E-state index contributed by atoms with van der Waals surface area (Å²) >= 11 is 1.74. The first kappa shape index (κ1) is 30.3. The lowest BCUT2D eigenvalue weighted by molar-refractivity contribution is -0.211. The molecule has 42 heavy (non-hydrogen) atoms. The minimum absolute atomic E-state index is 0.0426. The Morgan fingerprint density at radius 3 is 2.00 bits per heavy atom. The molecule has 2 aromatic heterocycles. The molecule has 0 aliphatic heterocycles. The Morgan fingerprint density at radius 2 is 1.40 bits per heavy atom. The zero-order chi connectivity index (χ0) is 30.8. The van der Waals surface area contributed by atoms with E-state index >= 15 is 0 Å². The van der Waals surface area contributed by atoms with Gasteiger partial charge in [-0.15, -0.1) is 11.3 Å². The van der Waals surface area contributed by atoms with Crippen LogP contribution in [0.2, 0.25) is 0 Å². The summed E-state index contributed by atoms with van der Waals surface area (Å²) in [6.07, 6.45) is -2.33. The van der Waals surface area contributed by atoms with Gasteiger partial charge in [-0.1, -0.05) is 104 Å². The molecule has 0 atom stereocenters. The van der Waals surface area contributed by atoms with Gasteiger partial charge >= 0.3 is 6.18 Å². The van der Waals surface area contributed by atoms with E-state index in [9.17, 15) is 13.2 Å². The van der Waals surface area contributed by atoms with E-state index in [1.165, 1.54) is 41.1 Å². The van der Waals surface area contributed by atoms with Crippen molar-refractivity contribution in [2.75, 3.05) is 0 Å².